The number of aliphatic hydroxyl groups excluding tert-OH is 1. The second kappa shape index (κ2) is 4.11. The van der Waals surface area contributed by atoms with E-state index in [0.29, 0.717) is 0 Å². The fourth-order valence-electron chi connectivity index (χ4n) is 1.72. The van der Waals surface area contributed by atoms with Crippen LogP contribution in [-0.2, 0) is 6.61 Å². The smallest absolute Gasteiger partial charge is 0.0681 e. The van der Waals surface area contributed by atoms with E-state index in [0.717, 1.165) is 17.9 Å². The first kappa shape index (κ1) is 9.69. The summed E-state index contributed by atoms with van der Waals surface area (Å²) in [5, 5.41) is 8.89. The summed E-state index contributed by atoms with van der Waals surface area (Å²) >= 11 is 0. The minimum Gasteiger partial charge on any atom is -0.392 e. The summed E-state index contributed by atoms with van der Waals surface area (Å²) in [5.74, 6) is 0.863. The predicted molar refractivity (Wildman–Crippen MR) is 56.6 cm³/mol. The molecule has 1 atom stereocenters. The number of aliphatic hydroxyl groups is 1. The lowest BCUT2D eigenvalue weighted by Gasteiger charge is -2.11. The van der Waals surface area contributed by atoms with Gasteiger partial charge in [-0.25, -0.2) is 0 Å². The molecule has 14 heavy (non-hydrogen) atoms. The molecule has 1 fully saturated rings. The molecular formula is C12H17NO. The predicted octanol–water partition coefficient (Wildman–Crippen LogP) is 1.98. The molecule has 1 aromatic carbocycles. The van der Waals surface area contributed by atoms with Gasteiger partial charge in [0.2, 0.25) is 0 Å². The van der Waals surface area contributed by atoms with Gasteiger partial charge in [0.1, 0.15) is 0 Å². The Kier molecular flexibility index (Phi) is 2.85. The average molecular weight is 191 g/mol. The molecular weight excluding hydrogens is 174 g/mol. The molecule has 2 rings (SSSR count). The topological polar surface area (TPSA) is 46.2 Å². The largest absolute Gasteiger partial charge is 0.392 e. The fourth-order valence-corrected chi connectivity index (χ4v) is 1.72. The molecule has 0 saturated heterocycles. The Labute approximate surface area is 84.7 Å². The van der Waals surface area contributed by atoms with Crippen LogP contribution in [0.3, 0.4) is 0 Å². The van der Waals surface area contributed by atoms with Gasteiger partial charge in [0.05, 0.1) is 6.61 Å². The van der Waals surface area contributed by atoms with E-state index in [2.05, 4.69) is 0 Å². The summed E-state index contributed by atoms with van der Waals surface area (Å²) in [6, 6.07) is 8.12. The zero-order chi connectivity index (χ0) is 9.97. The van der Waals surface area contributed by atoms with Crippen LogP contribution in [0.1, 0.15) is 36.4 Å². The number of nitrogens with two attached hydrogens (primary N) is 1. The van der Waals surface area contributed by atoms with Crippen molar-refractivity contribution in [2.24, 2.45) is 11.7 Å². The SMILES string of the molecule is N[C@@H](CC1CC1)c1ccc(CO)cc1. The van der Waals surface area contributed by atoms with Gasteiger partial charge < -0.3 is 10.8 Å². The van der Waals surface area contributed by atoms with E-state index in [1.165, 1.54) is 18.4 Å². The summed E-state index contributed by atoms with van der Waals surface area (Å²) in [6.45, 7) is 0.109. The number of hydrogen-bond donors (Lipinski definition) is 2. The van der Waals surface area contributed by atoms with E-state index in [4.69, 9.17) is 10.8 Å². The van der Waals surface area contributed by atoms with E-state index in [1.54, 1.807) is 0 Å². The van der Waals surface area contributed by atoms with Gasteiger partial charge >= 0.3 is 0 Å². The van der Waals surface area contributed by atoms with Gasteiger partial charge in [-0.15, -0.1) is 0 Å². The van der Waals surface area contributed by atoms with Crippen LogP contribution in [0.15, 0.2) is 24.3 Å². The average Bonchev–Trinajstić information content (AvgIpc) is 3.02. The standard InChI is InChI=1S/C12H17NO/c13-12(7-9-1-2-9)11-5-3-10(8-14)4-6-11/h3-6,9,12,14H,1-2,7-8,13H2/t12-/m0/s1. The lowest BCUT2D eigenvalue weighted by Crippen LogP contribution is -2.10. The molecule has 2 heteroatoms. The van der Waals surface area contributed by atoms with Crippen molar-refractivity contribution in [2.75, 3.05) is 0 Å². The lowest BCUT2D eigenvalue weighted by molar-refractivity contribution is 0.282. The molecule has 0 aromatic heterocycles. The molecule has 1 aliphatic carbocycles. The molecule has 1 saturated carbocycles. The van der Waals surface area contributed by atoms with Crippen LogP contribution in [0.5, 0.6) is 0 Å². The molecule has 76 valence electrons. The van der Waals surface area contributed by atoms with Crippen LogP contribution in [0.2, 0.25) is 0 Å². The Balaban J connectivity index is 1.99. The van der Waals surface area contributed by atoms with Crippen LogP contribution in [0.4, 0.5) is 0 Å². The Morgan fingerprint density at radius 3 is 2.43 bits per heavy atom. The van der Waals surface area contributed by atoms with E-state index in [1.807, 2.05) is 24.3 Å². The zero-order valence-electron chi connectivity index (χ0n) is 8.32. The molecule has 3 N–H and O–H groups in total. The highest BCUT2D eigenvalue weighted by atomic mass is 16.3. The highest BCUT2D eigenvalue weighted by molar-refractivity contribution is 5.24. The summed E-state index contributed by atoms with van der Waals surface area (Å²) < 4.78 is 0. The second-order valence-corrected chi connectivity index (χ2v) is 4.19. The molecule has 1 aliphatic rings. The third-order valence-electron chi connectivity index (χ3n) is 2.87. The first-order valence-electron chi connectivity index (χ1n) is 5.25. The van der Waals surface area contributed by atoms with E-state index in [-0.39, 0.29) is 12.6 Å². The molecule has 1 aromatic rings. The van der Waals surface area contributed by atoms with Crippen molar-refractivity contribution in [1.29, 1.82) is 0 Å². The first-order chi connectivity index (χ1) is 6.79. The van der Waals surface area contributed by atoms with Crippen LogP contribution < -0.4 is 5.73 Å². The monoisotopic (exact) mass is 191 g/mol. The van der Waals surface area contributed by atoms with E-state index in [9.17, 15) is 0 Å². The summed E-state index contributed by atoms with van der Waals surface area (Å²) in [5.41, 5.74) is 8.21. The van der Waals surface area contributed by atoms with Crippen LogP contribution >= 0.6 is 0 Å². The summed E-state index contributed by atoms with van der Waals surface area (Å²) in [4.78, 5) is 0. The van der Waals surface area contributed by atoms with Gasteiger partial charge in [0, 0.05) is 6.04 Å². The van der Waals surface area contributed by atoms with Crippen molar-refractivity contribution in [3.05, 3.63) is 35.4 Å². The Bertz CT molecular complexity index is 290. The van der Waals surface area contributed by atoms with Crippen LogP contribution in [0, 0.1) is 5.92 Å². The maximum atomic E-state index is 8.89. The van der Waals surface area contributed by atoms with Gasteiger partial charge in [-0.3, -0.25) is 0 Å². The maximum absolute atomic E-state index is 8.89. The highest BCUT2D eigenvalue weighted by Gasteiger charge is 2.24. The van der Waals surface area contributed by atoms with Crippen LogP contribution in [0.25, 0.3) is 0 Å². The normalized spacial score (nSPS) is 18.1. The van der Waals surface area contributed by atoms with Crippen molar-refractivity contribution in [3.63, 3.8) is 0 Å². The van der Waals surface area contributed by atoms with Crippen molar-refractivity contribution < 1.29 is 5.11 Å². The third-order valence-corrected chi connectivity index (χ3v) is 2.87. The van der Waals surface area contributed by atoms with Gasteiger partial charge in [-0.1, -0.05) is 37.1 Å². The van der Waals surface area contributed by atoms with Crippen molar-refractivity contribution in [1.82, 2.24) is 0 Å². The van der Waals surface area contributed by atoms with Crippen molar-refractivity contribution in [2.45, 2.75) is 31.9 Å². The van der Waals surface area contributed by atoms with Gasteiger partial charge in [-0.2, -0.15) is 0 Å². The summed E-state index contributed by atoms with van der Waals surface area (Å²) in [7, 11) is 0. The molecule has 0 radical (unpaired) electrons. The Morgan fingerprint density at radius 1 is 1.29 bits per heavy atom. The number of hydrogen-bond acceptors (Lipinski definition) is 2. The zero-order valence-corrected chi connectivity index (χ0v) is 8.32. The fraction of sp³-hybridized carbons (Fsp3) is 0.500. The van der Waals surface area contributed by atoms with Gasteiger partial charge in [0.25, 0.3) is 0 Å². The second-order valence-electron chi connectivity index (χ2n) is 4.19. The molecule has 0 heterocycles. The first-order valence-corrected chi connectivity index (χ1v) is 5.25. The summed E-state index contributed by atoms with van der Waals surface area (Å²) in [6.07, 6.45) is 3.81. The Morgan fingerprint density at radius 2 is 1.93 bits per heavy atom. The van der Waals surface area contributed by atoms with Crippen LogP contribution in [-0.4, -0.2) is 5.11 Å². The van der Waals surface area contributed by atoms with Crippen molar-refractivity contribution in [3.8, 4) is 0 Å². The quantitative estimate of drug-likeness (QED) is 0.764. The minimum atomic E-state index is 0.109. The Hall–Kier alpha value is -0.860. The molecule has 0 amide bonds. The molecule has 2 nitrogen and oxygen atoms in total. The van der Waals surface area contributed by atoms with Gasteiger partial charge in [-0.05, 0) is 23.5 Å². The molecule has 0 unspecified atom stereocenters. The van der Waals surface area contributed by atoms with E-state index >= 15 is 0 Å². The maximum Gasteiger partial charge on any atom is 0.0681 e. The number of rotatable bonds is 4. The van der Waals surface area contributed by atoms with E-state index < -0.39 is 0 Å². The number of benzene rings is 1. The highest BCUT2D eigenvalue weighted by Crippen LogP contribution is 2.36. The van der Waals surface area contributed by atoms with Gasteiger partial charge in [0.15, 0.2) is 0 Å². The minimum absolute atomic E-state index is 0.109. The molecule has 0 aliphatic heterocycles. The molecule has 0 spiro atoms. The lowest BCUT2D eigenvalue weighted by atomic mass is 10.0. The van der Waals surface area contributed by atoms with Crippen molar-refractivity contribution >= 4 is 0 Å². The third kappa shape index (κ3) is 2.34. The molecule has 0 bridgehead atoms.